The van der Waals surface area contributed by atoms with Gasteiger partial charge in [-0.25, -0.2) is 0 Å². The topological polar surface area (TPSA) is 21.9 Å². The zero-order chi connectivity index (χ0) is 5.28. The maximum Gasteiger partial charge on any atom is 0.0499 e. The number of hydrogen-bond donors (Lipinski definition) is 1. The van der Waals surface area contributed by atoms with E-state index in [0.717, 1.165) is 13.0 Å². The highest BCUT2D eigenvalue weighted by Gasteiger charge is 2.26. The van der Waals surface area contributed by atoms with E-state index in [1.54, 1.807) is 0 Å². The van der Waals surface area contributed by atoms with Crippen LogP contribution >= 0.6 is 11.6 Å². The van der Waals surface area contributed by atoms with Crippen molar-refractivity contribution in [1.82, 2.24) is 5.32 Å². The molecule has 1 nitrogen and oxygen atoms in total. The molecule has 0 saturated carbocycles. The quantitative estimate of drug-likeness (QED) is 0.425. The van der Waals surface area contributed by atoms with Gasteiger partial charge >= 0.3 is 0 Å². The molecule has 1 aliphatic heterocycles. The fraction of sp³-hybridized carbons (Fsp3) is 1.00. The summed E-state index contributed by atoms with van der Waals surface area (Å²) in [5.74, 6) is 0. The van der Waals surface area contributed by atoms with Gasteiger partial charge in [0.15, 0.2) is 0 Å². The maximum absolute atomic E-state index is 5.80. The average molecular weight is 120 g/mol. The molecule has 7 heavy (non-hydrogen) atoms. The van der Waals surface area contributed by atoms with Crippen LogP contribution in [-0.4, -0.2) is 18.0 Å². The second-order valence-electron chi connectivity index (χ2n) is 1.94. The highest BCUT2D eigenvalue weighted by molar-refractivity contribution is 6.21. The van der Waals surface area contributed by atoms with Crippen molar-refractivity contribution in [3.05, 3.63) is 0 Å². The Hall–Kier alpha value is 0.250. The largest absolute Gasteiger partial charge is 0.310 e. The Morgan fingerprint density at radius 1 is 2.00 bits per heavy atom. The Morgan fingerprint density at radius 3 is 2.71 bits per heavy atom. The molecular formula is C5H10ClN. The molecule has 0 radical (unpaired) electrons. The molecule has 1 saturated heterocycles. The minimum absolute atomic E-state index is 0.375. The Morgan fingerprint density at radius 2 is 2.57 bits per heavy atom. The molecule has 0 aliphatic carbocycles. The molecule has 0 amide bonds. The smallest absolute Gasteiger partial charge is 0.0499 e. The second-order valence-corrected chi connectivity index (χ2v) is 2.50. The molecular weight excluding hydrogens is 110 g/mol. The van der Waals surface area contributed by atoms with Gasteiger partial charge in [0.25, 0.3) is 0 Å². The number of alkyl halides is 1. The fourth-order valence-electron chi connectivity index (χ4n) is 0.608. The Bertz CT molecular complexity index is 61.1. The van der Waals surface area contributed by atoms with Crippen molar-refractivity contribution in [2.75, 3.05) is 6.54 Å². The molecule has 0 bridgehead atoms. The molecule has 2 heteroatoms. The van der Waals surface area contributed by atoms with Gasteiger partial charge < -0.3 is 5.32 Å². The van der Waals surface area contributed by atoms with Crippen LogP contribution in [0.3, 0.4) is 0 Å². The van der Waals surface area contributed by atoms with Crippen molar-refractivity contribution in [2.45, 2.75) is 24.8 Å². The van der Waals surface area contributed by atoms with E-state index in [1.165, 1.54) is 0 Å². The summed E-state index contributed by atoms with van der Waals surface area (Å²) in [7, 11) is 0. The highest BCUT2D eigenvalue weighted by Crippen LogP contribution is 2.13. The zero-order valence-electron chi connectivity index (χ0n) is 4.45. The Kier molecular flexibility index (Phi) is 1.55. The summed E-state index contributed by atoms with van der Waals surface area (Å²) < 4.78 is 0. The number of nitrogens with one attached hydrogen (secondary N) is 1. The average Bonchev–Trinajstić information content (AvgIpc) is 2.44. The lowest BCUT2D eigenvalue weighted by atomic mass is 10.3. The van der Waals surface area contributed by atoms with Crippen molar-refractivity contribution >= 4 is 11.6 Å². The molecule has 42 valence electrons. The Balaban J connectivity index is 2.10. The van der Waals surface area contributed by atoms with Crippen LogP contribution in [-0.2, 0) is 0 Å². The van der Waals surface area contributed by atoms with E-state index in [1.807, 2.05) is 0 Å². The van der Waals surface area contributed by atoms with E-state index in [2.05, 4.69) is 12.2 Å². The normalized spacial score (nSPS) is 32.6. The Labute approximate surface area is 49.0 Å². The minimum atomic E-state index is 0.375. The van der Waals surface area contributed by atoms with Crippen LogP contribution in [0.15, 0.2) is 0 Å². The first-order chi connectivity index (χ1) is 3.34. The van der Waals surface area contributed by atoms with Gasteiger partial charge in [0.2, 0.25) is 0 Å². The van der Waals surface area contributed by atoms with Crippen molar-refractivity contribution < 1.29 is 0 Å². The minimum Gasteiger partial charge on any atom is -0.310 e. The lowest BCUT2D eigenvalue weighted by Crippen LogP contribution is -2.07. The van der Waals surface area contributed by atoms with Crippen LogP contribution in [0.4, 0.5) is 0 Å². The van der Waals surface area contributed by atoms with Crippen LogP contribution in [0.2, 0.25) is 0 Å². The molecule has 1 heterocycles. The van der Waals surface area contributed by atoms with Gasteiger partial charge in [-0.15, -0.1) is 11.6 Å². The predicted molar refractivity (Wildman–Crippen MR) is 31.7 cm³/mol. The van der Waals surface area contributed by atoms with Crippen molar-refractivity contribution in [2.24, 2.45) is 0 Å². The van der Waals surface area contributed by atoms with Gasteiger partial charge in [-0.1, -0.05) is 6.92 Å². The number of hydrogen-bond acceptors (Lipinski definition) is 1. The van der Waals surface area contributed by atoms with E-state index in [4.69, 9.17) is 11.6 Å². The summed E-state index contributed by atoms with van der Waals surface area (Å²) in [5, 5.41) is 3.53. The van der Waals surface area contributed by atoms with Crippen molar-refractivity contribution in [3.8, 4) is 0 Å². The zero-order valence-corrected chi connectivity index (χ0v) is 5.20. The molecule has 1 aliphatic rings. The summed E-state index contributed by atoms with van der Waals surface area (Å²) >= 11 is 5.80. The van der Waals surface area contributed by atoms with Crippen LogP contribution in [0.25, 0.3) is 0 Å². The summed E-state index contributed by atoms with van der Waals surface area (Å²) in [6.45, 7) is 3.24. The SMILES string of the molecule is CCC(Cl)C1CN1. The number of halogens is 1. The van der Waals surface area contributed by atoms with Crippen LogP contribution in [0.1, 0.15) is 13.3 Å². The van der Waals surface area contributed by atoms with Gasteiger partial charge in [-0.3, -0.25) is 0 Å². The van der Waals surface area contributed by atoms with Gasteiger partial charge in [0.05, 0.1) is 0 Å². The molecule has 0 aromatic rings. The summed E-state index contributed by atoms with van der Waals surface area (Å²) in [6, 6.07) is 0.631. The van der Waals surface area contributed by atoms with E-state index in [-0.39, 0.29) is 0 Å². The first-order valence-corrected chi connectivity index (χ1v) is 3.15. The number of rotatable bonds is 2. The summed E-state index contributed by atoms with van der Waals surface area (Å²) in [4.78, 5) is 0. The lowest BCUT2D eigenvalue weighted by molar-refractivity contribution is 0.789. The molecule has 1 fully saturated rings. The highest BCUT2D eigenvalue weighted by atomic mass is 35.5. The monoisotopic (exact) mass is 119 g/mol. The third-order valence-corrected chi connectivity index (χ3v) is 1.88. The van der Waals surface area contributed by atoms with Crippen LogP contribution in [0, 0.1) is 0 Å². The summed E-state index contributed by atoms with van der Waals surface area (Å²) in [6.07, 6.45) is 1.08. The van der Waals surface area contributed by atoms with E-state index in [9.17, 15) is 0 Å². The lowest BCUT2D eigenvalue weighted by Gasteiger charge is -1.97. The molecule has 0 aromatic carbocycles. The molecule has 2 unspecified atom stereocenters. The van der Waals surface area contributed by atoms with Gasteiger partial charge in [0, 0.05) is 18.0 Å². The van der Waals surface area contributed by atoms with Gasteiger partial charge in [0.1, 0.15) is 0 Å². The third-order valence-electron chi connectivity index (χ3n) is 1.27. The first-order valence-electron chi connectivity index (χ1n) is 2.72. The van der Waals surface area contributed by atoms with Gasteiger partial charge in [-0.2, -0.15) is 0 Å². The molecule has 0 aromatic heterocycles. The van der Waals surface area contributed by atoms with E-state index < -0.39 is 0 Å². The molecule has 1 rings (SSSR count). The van der Waals surface area contributed by atoms with Crippen molar-refractivity contribution in [3.63, 3.8) is 0 Å². The maximum atomic E-state index is 5.80. The molecule has 1 N–H and O–H groups in total. The first kappa shape index (κ1) is 5.39. The molecule has 2 atom stereocenters. The summed E-state index contributed by atoms with van der Waals surface area (Å²) in [5.41, 5.74) is 0. The van der Waals surface area contributed by atoms with Crippen LogP contribution in [0.5, 0.6) is 0 Å². The third kappa shape index (κ3) is 1.32. The van der Waals surface area contributed by atoms with Gasteiger partial charge in [-0.05, 0) is 6.42 Å². The van der Waals surface area contributed by atoms with Crippen molar-refractivity contribution in [1.29, 1.82) is 0 Å². The van der Waals surface area contributed by atoms with Crippen LogP contribution < -0.4 is 5.32 Å². The second kappa shape index (κ2) is 2.01. The van der Waals surface area contributed by atoms with E-state index in [0.29, 0.717) is 11.4 Å². The van der Waals surface area contributed by atoms with E-state index >= 15 is 0 Å². The molecule has 0 spiro atoms. The standard InChI is InChI=1S/C5H10ClN/c1-2-4(6)5-3-7-5/h4-5,7H,2-3H2,1H3. The predicted octanol–water partition coefficient (Wildman–Crippen LogP) is 0.976. The fourth-order valence-corrected chi connectivity index (χ4v) is 0.786.